The van der Waals surface area contributed by atoms with Crippen LogP contribution < -0.4 is 10.6 Å². The van der Waals surface area contributed by atoms with Crippen LogP contribution in [0, 0.1) is 0 Å². The van der Waals surface area contributed by atoms with Gasteiger partial charge in [0.2, 0.25) is 5.91 Å². The highest BCUT2D eigenvalue weighted by molar-refractivity contribution is 5.75. The van der Waals surface area contributed by atoms with E-state index in [1.807, 2.05) is 6.92 Å². The Morgan fingerprint density at radius 3 is 3.07 bits per heavy atom. The summed E-state index contributed by atoms with van der Waals surface area (Å²) in [6, 6.07) is 0.620. The van der Waals surface area contributed by atoms with Gasteiger partial charge in [-0.25, -0.2) is 0 Å². The lowest BCUT2D eigenvalue weighted by Gasteiger charge is -2.15. The fourth-order valence-corrected chi connectivity index (χ4v) is 1.86. The molecule has 1 heterocycles. The lowest BCUT2D eigenvalue weighted by atomic mass is 10.1. The monoisotopic (exact) mass is 198 g/mol. The molecule has 82 valence electrons. The molecule has 0 aromatic carbocycles. The van der Waals surface area contributed by atoms with Crippen molar-refractivity contribution in [1.29, 1.82) is 0 Å². The quantitative estimate of drug-likeness (QED) is 0.717. The van der Waals surface area contributed by atoms with Gasteiger partial charge in [0.25, 0.3) is 0 Å². The fourth-order valence-electron chi connectivity index (χ4n) is 1.86. The molecule has 0 aromatic rings. The van der Waals surface area contributed by atoms with Crippen LogP contribution in [0.2, 0.25) is 0 Å². The predicted molar refractivity (Wildman–Crippen MR) is 58.2 cm³/mol. The molecule has 0 radical (unpaired) electrons. The van der Waals surface area contributed by atoms with Crippen molar-refractivity contribution in [2.45, 2.75) is 51.5 Å². The van der Waals surface area contributed by atoms with E-state index in [1.165, 1.54) is 25.7 Å². The smallest absolute Gasteiger partial charge is 0.219 e. The molecule has 1 aliphatic heterocycles. The molecular formula is C11H22N2O. The van der Waals surface area contributed by atoms with Crippen molar-refractivity contribution >= 4 is 5.91 Å². The highest BCUT2D eigenvalue weighted by atomic mass is 16.1. The molecule has 1 fully saturated rings. The Morgan fingerprint density at radius 2 is 2.29 bits per heavy atom. The third kappa shape index (κ3) is 4.61. The molecule has 0 spiro atoms. The van der Waals surface area contributed by atoms with Crippen molar-refractivity contribution < 1.29 is 4.79 Å². The Balaban J connectivity index is 2.07. The molecule has 1 rings (SSSR count). The number of amides is 1. The summed E-state index contributed by atoms with van der Waals surface area (Å²) in [6.45, 7) is 3.86. The molecule has 3 heteroatoms. The van der Waals surface area contributed by atoms with E-state index in [-0.39, 0.29) is 5.91 Å². The summed E-state index contributed by atoms with van der Waals surface area (Å²) in [5, 5.41) is 6.44. The molecule has 1 unspecified atom stereocenters. The molecule has 0 aliphatic carbocycles. The van der Waals surface area contributed by atoms with Crippen LogP contribution in [0.15, 0.2) is 0 Å². The van der Waals surface area contributed by atoms with Crippen LogP contribution in [0.3, 0.4) is 0 Å². The number of hydrogen-bond donors (Lipinski definition) is 2. The first-order valence-corrected chi connectivity index (χ1v) is 5.83. The van der Waals surface area contributed by atoms with Crippen molar-refractivity contribution in [1.82, 2.24) is 10.6 Å². The predicted octanol–water partition coefficient (Wildman–Crippen LogP) is 1.43. The second-order valence-corrected chi connectivity index (χ2v) is 3.99. The summed E-state index contributed by atoms with van der Waals surface area (Å²) >= 11 is 0. The standard InChI is InChI=1S/C11H22N2O/c1-2-11(14)13-9-7-10-6-4-3-5-8-12-10/h10,12H,2-9H2,1H3,(H,13,14). The second kappa shape index (κ2) is 6.82. The molecule has 0 aromatic heterocycles. The van der Waals surface area contributed by atoms with Crippen molar-refractivity contribution in [3.8, 4) is 0 Å². The molecular weight excluding hydrogens is 176 g/mol. The molecule has 2 N–H and O–H groups in total. The summed E-state index contributed by atoms with van der Waals surface area (Å²) in [5.41, 5.74) is 0. The summed E-state index contributed by atoms with van der Waals surface area (Å²) in [7, 11) is 0. The fraction of sp³-hybridized carbons (Fsp3) is 0.909. The number of carbonyl (C=O) groups is 1. The Kier molecular flexibility index (Phi) is 5.60. The minimum absolute atomic E-state index is 0.165. The zero-order valence-electron chi connectivity index (χ0n) is 9.14. The summed E-state index contributed by atoms with van der Waals surface area (Å²) in [6.07, 6.45) is 6.92. The SMILES string of the molecule is CCC(=O)NCCC1CCCCCN1. The third-order valence-electron chi connectivity index (χ3n) is 2.80. The molecule has 1 atom stereocenters. The zero-order valence-corrected chi connectivity index (χ0v) is 9.14. The highest BCUT2D eigenvalue weighted by Crippen LogP contribution is 2.10. The van der Waals surface area contributed by atoms with Gasteiger partial charge in [0.05, 0.1) is 0 Å². The van der Waals surface area contributed by atoms with Crippen LogP contribution in [0.25, 0.3) is 0 Å². The van der Waals surface area contributed by atoms with E-state index in [4.69, 9.17) is 0 Å². The molecule has 0 saturated carbocycles. The maximum atomic E-state index is 11.0. The Bertz CT molecular complexity index is 163. The van der Waals surface area contributed by atoms with Gasteiger partial charge in [0.15, 0.2) is 0 Å². The average Bonchev–Trinajstić information content (AvgIpc) is 2.46. The summed E-state index contributed by atoms with van der Waals surface area (Å²) in [4.78, 5) is 11.0. The van der Waals surface area contributed by atoms with Crippen LogP contribution in [0.4, 0.5) is 0 Å². The second-order valence-electron chi connectivity index (χ2n) is 3.99. The minimum Gasteiger partial charge on any atom is -0.356 e. The zero-order chi connectivity index (χ0) is 10.2. The van der Waals surface area contributed by atoms with E-state index >= 15 is 0 Å². The van der Waals surface area contributed by atoms with Gasteiger partial charge < -0.3 is 10.6 Å². The maximum Gasteiger partial charge on any atom is 0.219 e. The van der Waals surface area contributed by atoms with Gasteiger partial charge in [-0.15, -0.1) is 0 Å². The average molecular weight is 198 g/mol. The van der Waals surface area contributed by atoms with E-state index in [2.05, 4.69) is 10.6 Å². The topological polar surface area (TPSA) is 41.1 Å². The Labute approximate surface area is 86.6 Å². The van der Waals surface area contributed by atoms with Crippen LogP contribution in [0.5, 0.6) is 0 Å². The Hall–Kier alpha value is -0.570. The van der Waals surface area contributed by atoms with Gasteiger partial charge in [-0.1, -0.05) is 19.8 Å². The summed E-state index contributed by atoms with van der Waals surface area (Å²) < 4.78 is 0. The van der Waals surface area contributed by atoms with E-state index in [0.29, 0.717) is 12.5 Å². The van der Waals surface area contributed by atoms with Gasteiger partial charge in [0, 0.05) is 19.0 Å². The van der Waals surface area contributed by atoms with Gasteiger partial charge in [-0.2, -0.15) is 0 Å². The normalized spacial score (nSPS) is 22.8. The van der Waals surface area contributed by atoms with Crippen molar-refractivity contribution in [2.75, 3.05) is 13.1 Å². The Morgan fingerprint density at radius 1 is 1.43 bits per heavy atom. The van der Waals surface area contributed by atoms with Gasteiger partial charge in [-0.05, 0) is 25.8 Å². The highest BCUT2D eigenvalue weighted by Gasteiger charge is 2.10. The van der Waals surface area contributed by atoms with Crippen molar-refractivity contribution in [3.63, 3.8) is 0 Å². The van der Waals surface area contributed by atoms with Crippen LogP contribution >= 0.6 is 0 Å². The first-order chi connectivity index (χ1) is 6.83. The minimum atomic E-state index is 0.165. The van der Waals surface area contributed by atoms with Gasteiger partial charge >= 0.3 is 0 Å². The van der Waals surface area contributed by atoms with E-state index < -0.39 is 0 Å². The van der Waals surface area contributed by atoms with E-state index in [0.717, 1.165) is 19.5 Å². The number of rotatable bonds is 4. The van der Waals surface area contributed by atoms with Crippen molar-refractivity contribution in [2.24, 2.45) is 0 Å². The van der Waals surface area contributed by atoms with Crippen LogP contribution in [0.1, 0.15) is 45.4 Å². The van der Waals surface area contributed by atoms with E-state index in [1.54, 1.807) is 0 Å². The molecule has 1 saturated heterocycles. The third-order valence-corrected chi connectivity index (χ3v) is 2.80. The summed E-state index contributed by atoms with van der Waals surface area (Å²) in [5.74, 6) is 0.165. The molecule has 1 aliphatic rings. The first-order valence-electron chi connectivity index (χ1n) is 5.83. The molecule has 1 amide bonds. The van der Waals surface area contributed by atoms with Crippen LogP contribution in [-0.2, 0) is 4.79 Å². The maximum absolute atomic E-state index is 11.0. The van der Waals surface area contributed by atoms with Gasteiger partial charge in [-0.3, -0.25) is 4.79 Å². The number of hydrogen-bond acceptors (Lipinski definition) is 2. The first kappa shape index (κ1) is 11.5. The molecule has 14 heavy (non-hydrogen) atoms. The van der Waals surface area contributed by atoms with Crippen LogP contribution in [-0.4, -0.2) is 25.0 Å². The lowest BCUT2D eigenvalue weighted by Crippen LogP contribution is -2.33. The van der Waals surface area contributed by atoms with Crippen molar-refractivity contribution in [3.05, 3.63) is 0 Å². The molecule has 3 nitrogen and oxygen atoms in total. The van der Waals surface area contributed by atoms with E-state index in [9.17, 15) is 4.79 Å². The van der Waals surface area contributed by atoms with Gasteiger partial charge in [0.1, 0.15) is 0 Å². The largest absolute Gasteiger partial charge is 0.356 e. The number of nitrogens with one attached hydrogen (secondary N) is 2. The lowest BCUT2D eigenvalue weighted by molar-refractivity contribution is -0.120. The number of carbonyl (C=O) groups excluding carboxylic acids is 1. The molecule has 0 bridgehead atoms.